The average molecular weight is 254 g/mol. The summed E-state index contributed by atoms with van der Waals surface area (Å²) < 4.78 is 6.16. The molecular weight excluding hydrogens is 224 g/mol. The molecule has 0 bridgehead atoms. The van der Waals surface area contributed by atoms with Gasteiger partial charge in [-0.05, 0) is 47.0 Å². The zero-order valence-electron chi connectivity index (χ0n) is 12.8. The number of hydrogen-bond donors (Lipinski definition) is 1. The third kappa shape index (κ3) is 3.06. The lowest BCUT2D eigenvalue weighted by Crippen LogP contribution is -2.63. The van der Waals surface area contributed by atoms with Gasteiger partial charge < -0.3 is 10.1 Å². The lowest BCUT2D eigenvalue weighted by atomic mass is 9.91. The molecule has 2 fully saturated rings. The van der Waals surface area contributed by atoms with Crippen molar-refractivity contribution in [3.63, 3.8) is 0 Å². The van der Waals surface area contributed by atoms with E-state index in [9.17, 15) is 0 Å². The Morgan fingerprint density at radius 2 is 2.06 bits per heavy atom. The third-order valence-corrected chi connectivity index (χ3v) is 4.83. The highest BCUT2D eigenvalue weighted by Gasteiger charge is 2.39. The summed E-state index contributed by atoms with van der Waals surface area (Å²) in [5, 5.41) is 3.61. The van der Waals surface area contributed by atoms with Crippen LogP contribution >= 0.6 is 0 Å². The van der Waals surface area contributed by atoms with Gasteiger partial charge in [0.25, 0.3) is 0 Å². The molecule has 2 saturated heterocycles. The zero-order chi connectivity index (χ0) is 13.4. The van der Waals surface area contributed by atoms with Crippen molar-refractivity contribution in [2.45, 2.75) is 77.2 Å². The van der Waals surface area contributed by atoms with Gasteiger partial charge in [-0.1, -0.05) is 6.92 Å². The fraction of sp³-hybridized carbons (Fsp3) is 1.00. The van der Waals surface area contributed by atoms with Gasteiger partial charge >= 0.3 is 0 Å². The van der Waals surface area contributed by atoms with Crippen molar-refractivity contribution in [1.82, 2.24) is 10.2 Å². The summed E-state index contributed by atoms with van der Waals surface area (Å²) >= 11 is 0. The van der Waals surface area contributed by atoms with Gasteiger partial charge in [-0.15, -0.1) is 0 Å². The first kappa shape index (κ1) is 14.3. The number of rotatable bonds is 3. The minimum atomic E-state index is 0.0902. The first-order valence-corrected chi connectivity index (χ1v) is 7.51. The second-order valence-corrected chi connectivity index (χ2v) is 7.08. The molecule has 3 unspecified atom stereocenters. The van der Waals surface area contributed by atoms with Gasteiger partial charge in [-0.25, -0.2) is 0 Å². The Hall–Kier alpha value is -0.120. The van der Waals surface area contributed by atoms with Gasteiger partial charge in [0.05, 0.1) is 11.7 Å². The van der Waals surface area contributed by atoms with Gasteiger partial charge in [0, 0.05) is 31.2 Å². The van der Waals surface area contributed by atoms with Gasteiger partial charge in [0.2, 0.25) is 0 Å². The number of hydrogen-bond acceptors (Lipinski definition) is 3. The Kier molecular flexibility index (Phi) is 4.05. The molecule has 2 rings (SSSR count). The molecule has 3 heteroatoms. The van der Waals surface area contributed by atoms with Crippen molar-refractivity contribution in [3.8, 4) is 0 Å². The van der Waals surface area contributed by atoms with Crippen molar-refractivity contribution >= 4 is 0 Å². The van der Waals surface area contributed by atoms with Crippen LogP contribution in [0.2, 0.25) is 0 Å². The second kappa shape index (κ2) is 5.10. The van der Waals surface area contributed by atoms with E-state index in [1.807, 2.05) is 0 Å². The normalized spacial score (nSPS) is 41.2. The Morgan fingerprint density at radius 1 is 1.33 bits per heavy atom. The first-order chi connectivity index (χ1) is 8.35. The number of ether oxygens (including phenoxy) is 1. The standard InChI is InChI=1S/C15H30N2O/c1-6-15(5)11-16-12(2)9-17(15)10-13-7-8-14(3,4)18-13/h12-13,16H,6-11H2,1-5H3. The largest absolute Gasteiger partial charge is 0.371 e. The summed E-state index contributed by atoms with van der Waals surface area (Å²) in [7, 11) is 0. The molecule has 0 saturated carbocycles. The van der Waals surface area contributed by atoms with Crippen LogP contribution in [0.25, 0.3) is 0 Å². The molecular formula is C15H30N2O. The quantitative estimate of drug-likeness (QED) is 0.837. The predicted octanol–water partition coefficient (Wildman–Crippen LogP) is 2.41. The van der Waals surface area contributed by atoms with Crippen LogP contribution in [-0.4, -0.2) is 47.8 Å². The zero-order valence-corrected chi connectivity index (χ0v) is 12.8. The van der Waals surface area contributed by atoms with Crippen molar-refractivity contribution in [2.75, 3.05) is 19.6 Å². The SMILES string of the molecule is CCC1(C)CNC(C)CN1CC1CCC(C)(C)O1. The van der Waals surface area contributed by atoms with Crippen LogP contribution in [-0.2, 0) is 4.74 Å². The van der Waals surface area contributed by atoms with Crippen LogP contribution < -0.4 is 5.32 Å². The first-order valence-electron chi connectivity index (χ1n) is 7.51. The van der Waals surface area contributed by atoms with Gasteiger partial charge in [-0.3, -0.25) is 4.90 Å². The van der Waals surface area contributed by atoms with E-state index < -0.39 is 0 Å². The molecule has 0 spiro atoms. The Morgan fingerprint density at radius 3 is 2.61 bits per heavy atom. The monoisotopic (exact) mass is 254 g/mol. The lowest BCUT2D eigenvalue weighted by Gasteiger charge is -2.48. The van der Waals surface area contributed by atoms with Crippen molar-refractivity contribution in [3.05, 3.63) is 0 Å². The number of piperazine rings is 1. The van der Waals surface area contributed by atoms with E-state index in [4.69, 9.17) is 4.74 Å². The smallest absolute Gasteiger partial charge is 0.0710 e. The molecule has 3 atom stereocenters. The molecule has 0 aromatic heterocycles. The van der Waals surface area contributed by atoms with Crippen molar-refractivity contribution in [1.29, 1.82) is 0 Å². The van der Waals surface area contributed by atoms with Gasteiger partial charge in [0.15, 0.2) is 0 Å². The molecule has 0 aromatic rings. The molecule has 2 aliphatic rings. The molecule has 2 heterocycles. The van der Waals surface area contributed by atoms with E-state index in [1.54, 1.807) is 0 Å². The van der Waals surface area contributed by atoms with Crippen molar-refractivity contribution in [2.24, 2.45) is 0 Å². The second-order valence-electron chi connectivity index (χ2n) is 7.08. The topological polar surface area (TPSA) is 24.5 Å². The molecule has 0 amide bonds. The van der Waals surface area contributed by atoms with E-state index in [1.165, 1.54) is 19.3 Å². The Bertz CT molecular complexity index is 292. The van der Waals surface area contributed by atoms with Crippen LogP contribution in [0.4, 0.5) is 0 Å². The van der Waals surface area contributed by atoms with Crippen LogP contribution in [0.1, 0.15) is 53.9 Å². The van der Waals surface area contributed by atoms with E-state index in [0.29, 0.717) is 17.7 Å². The summed E-state index contributed by atoms with van der Waals surface area (Å²) in [5.41, 5.74) is 0.384. The molecule has 3 nitrogen and oxygen atoms in total. The summed E-state index contributed by atoms with van der Waals surface area (Å²) in [6, 6.07) is 0.596. The van der Waals surface area contributed by atoms with E-state index >= 15 is 0 Å². The maximum absolute atomic E-state index is 6.16. The summed E-state index contributed by atoms with van der Waals surface area (Å²) in [6.45, 7) is 14.7. The van der Waals surface area contributed by atoms with Crippen LogP contribution in [0, 0.1) is 0 Å². The fourth-order valence-corrected chi connectivity index (χ4v) is 3.22. The van der Waals surface area contributed by atoms with E-state index in [0.717, 1.165) is 19.6 Å². The van der Waals surface area contributed by atoms with Crippen LogP contribution in [0.3, 0.4) is 0 Å². The predicted molar refractivity (Wildman–Crippen MR) is 75.9 cm³/mol. The molecule has 0 aromatic carbocycles. The molecule has 0 radical (unpaired) electrons. The lowest BCUT2D eigenvalue weighted by molar-refractivity contribution is -0.0524. The summed E-state index contributed by atoms with van der Waals surface area (Å²) in [5.74, 6) is 0. The molecule has 1 N–H and O–H groups in total. The maximum Gasteiger partial charge on any atom is 0.0710 e. The van der Waals surface area contributed by atoms with E-state index in [-0.39, 0.29) is 5.60 Å². The van der Waals surface area contributed by atoms with Gasteiger partial charge in [0.1, 0.15) is 0 Å². The minimum absolute atomic E-state index is 0.0902. The summed E-state index contributed by atoms with van der Waals surface area (Å²) in [6.07, 6.45) is 4.03. The van der Waals surface area contributed by atoms with E-state index in [2.05, 4.69) is 44.8 Å². The minimum Gasteiger partial charge on any atom is -0.371 e. The highest BCUT2D eigenvalue weighted by atomic mass is 16.5. The molecule has 0 aliphatic carbocycles. The highest BCUT2D eigenvalue weighted by Crippen LogP contribution is 2.32. The molecule has 2 aliphatic heterocycles. The van der Waals surface area contributed by atoms with Gasteiger partial charge in [-0.2, -0.15) is 0 Å². The average Bonchev–Trinajstić information content (AvgIpc) is 2.64. The fourth-order valence-electron chi connectivity index (χ4n) is 3.22. The Balaban J connectivity index is 1.97. The molecule has 106 valence electrons. The van der Waals surface area contributed by atoms with Crippen LogP contribution in [0.15, 0.2) is 0 Å². The summed E-state index contributed by atoms with van der Waals surface area (Å²) in [4.78, 5) is 2.65. The van der Waals surface area contributed by atoms with Crippen LogP contribution in [0.5, 0.6) is 0 Å². The third-order valence-electron chi connectivity index (χ3n) is 4.83. The highest BCUT2D eigenvalue weighted by molar-refractivity contribution is 4.96. The maximum atomic E-state index is 6.16. The number of nitrogens with one attached hydrogen (secondary N) is 1. The Labute approximate surface area is 112 Å². The van der Waals surface area contributed by atoms with Crippen molar-refractivity contribution < 1.29 is 4.74 Å². The molecule has 18 heavy (non-hydrogen) atoms. The number of nitrogens with zero attached hydrogens (tertiary/aromatic N) is 1.